The number of para-hydroxylation sites is 1. The minimum atomic E-state index is -0.395. The highest BCUT2D eigenvalue weighted by molar-refractivity contribution is 7.80. The van der Waals surface area contributed by atoms with Gasteiger partial charge in [-0.25, -0.2) is 4.79 Å². The lowest BCUT2D eigenvalue weighted by Gasteiger charge is -2.07. The molecular weight excluding hydrogens is 224 g/mol. The van der Waals surface area contributed by atoms with E-state index in [2.05, 4.69) is 17.4 Å². The normalized spacial score (nSPS) is 10.4. The summed E-state index contributed by atoms with van der Waals surface area (Å²) in [5.74, 6) is 0.800. The Morgan fingerprint density at radius 1 is 1.38 bits per heavy atom. The summed E-state index contributed by atoms with van der Waals surface area (Å²) in [4.78, 5) is 11.4. The molecule has 0 unspecified atom stereocenters. The summed E-state index contributed by atoms with van der Waals surface area (Å²) in [6, 6.07) is 6.98. The number of benzene rings is 1. The Morgan fingerprint density at radius 2 is 2.12 bits per heavy atom. The number of ether oxygens (including phenoxy) is 2. The summed E-state index contributed by atoms with van der Waals surface area (Å²) < 4.78 is 10.1. The van der Waals surface area contributed by atoms with Crippen LogP contribution in [0.2, 0.25) is 0 Å². The Bertz CT molecular complexity index is 374. The van der Waals surface area contributed by atoms with Gasteiger partial charge < -0.3 is 9.47 Å². The van der Waals surface area contributed by atoms with Crippen molar-refractivity contribution in [3.63, 3.8) is 0 Å². The van der Waals surface area contributed by atoms with Crippen LogP contribution in [0.5, 0.6) is 5.75 Å². The Morgan fingerprint density at radius 3 is 2.81 bits per heavy atom. The van der Waals surface area contributed by atoms with E-state index in [1.807, 2.05) is 18.2 Å². The Kier molecular flexibility index (Phi) is 5.50. The highest BCUT2D eigenvalue weighted by atomic mass is 32.1. The summed E-state index contributed by atoms with van der Waals surface area (Å²) in [5.41, 5.74) is 0.435. The van der Waals surface area contributed by atoms with Crippen LogP contribution < -0.4 is 4.74 Å². The molecule has 1 aromatic rings. The first kappa shape index (κ1) is 12.6. The molecule has 0 spiro atoms. The van der Waals surface area contributed by atoms with Gasteiger partial charge in [-0.3, -0.25) is 0 Å². The molecule has 0 aromatic heterocycles. The van der Waals surface area contributed by atoms with Crippen LogP contribution in [0, 0.1) is 0 Å². The van der Waals surface area contributed by atoms with Crippen molar-refractivity contribution in [2.75, 3.05) is 19.5 Å². The van der Waals surface area contributed by atoms with Gasteiger partial charge in [0.1, 0.15) is 17.9 Å². The highest BCUT2D eigenvalue weighted by Crippen LogP contribution is 2.18. The second-order valence-corrected chi connectivity index (χ2v) is 3.32. The van der Waals surface area contributed by atoms with E-state index in [0.717, 1.165) is 0 Å². The number of rotatable bonds is 5. The fraction of sp³-hybridized carbons (Fsp3) is 0.250. The molecule has 0 saturated carbocycles. The fourth-order valence-electron chi connectivity index (χ4n) is 1.15. The molecule has 86 valence electrons. The number of thiol groups is 1. The van der Waals surface area contributed by atoms with E-state index in [9.17, 15) is 4.79 Å². The van der Waals surface area contributed by atoms with Crippen LogP contribution >= 0.6 is 12.6 Å². The molecule has 0 saturated heterocycles. The largest absolute Gasteiger partial charge is 0.489 e. The number of carbonyl (C=O) groups excluding carboxylic acids is 1. The Balaban J connectivity index is 2.71. The second kappa shape index (κ2) is 6.95. The summed E-state index contributed by atoms with van der Waals surface area (Å²) in [5, 5.41) is 0. The van der Waals surface area contributed by atoms with Crippen LogP contribution in [0.15, 0.2) is 36.4 Å². The van der Waals surface area contributed by atoms with Crippen molar-refractivity contribution in [3.05, 3.63) is 42.0 Å². The van der Waals surface area contributed by atoms with Crippen LogP contribution in [-0.4, -0.2) is 25.4 Å². The van der Waals surface area contributed by atoms with E-state index in [1.54, 1.807) is 18.2 Å². The molecule has 1 rings (SSSR count). The number of hydrogen-bond acceptors (Lipinski definition) is 4. The molecule has 0 atom stereocenters. The molecule has 0 N–H and O–H groups in total. The van der Waals surface area contributed by atoms with Gasteiger partial charge in [-0.05, 0) is 12.1 Å². The molecule has 0 aliphatic heterocycles. The van der Waals surface area contributed by atoms with E-state index in [0.29, 0.717) is 23.7 Å². The standard InChI is InChI=1S/C12H14O3S/c1-14-12(13)10-6-2-3-7-11(10)15-8-4-5-9-16/h2-7,16H,8-9H2,1H3. The van der Waals surface area contributed by atoms with Gasteiger partial charge in [0.25, 0.3) is 0 Å². The molecule has 0 bridgehead atoms. The average molecular weight is 238 g/mol. The molecule has 16 heavy (non-hydrogen) atoms. The first-order valence-electron chi connectivity index (χ1n) is 4.85. The first-order chi connectivity index (χ1) is 7.79. The van der Waals surface area contributed by atoms with E-state index in [1.165, 1.54) is 7.11 Å². The summed E-state index contributed by atoms with van der Waals surface area (Å²) in [6.45, 7) is 0.411. The zero-order valence-electron chi connectivity index (χ0n) is 9.05. The van der Waals surface area contributed by atoms with Gasteiger partial charge in [0.05, 0.1) is 7.11 Å². The van der Waals surface area contributed by atoms with Crippen molar-refractivity contribution in [3.8, 4) is 5.75 Å². The summed E-state index contributed by atoms with van der Waals surface area (Å²) in [6.07, 6.45) is 3.73. The summed E-state index contributed by atoms with van der Waals surface area (Å²) >= 11 is 4.03. The zero-order chi connectivity index (χ0) is 11.8. The highest BCUT2D eigenvalue weighted by Gasteiger charge is 2.11. The second-order valence-electron chi connectivity index (χ2n) is 2.95. The third-order valence-corrected chi connectivity index (χ3v) is 2.11. The van der Waals surface area contributed by atoms with Gasteiger partial charge in [-0.15, -0.1) is 0 Å². The van der Waals surface area contributed by atoms with Crippen LogP contribution in [0.25, 0.3) is 0 Å². The lowest BCUT2D eigenvalue weighted by atomic mass is 10.2. The third kappa shape index (κ3) is 3.62. The van der Waals surface area contributed by atoms with Crippen molar-refractivity contribution in [2.45, 2.75) is 0 Å². The summed E-state index contributed by atoms with van der Waals surface area (Å²) in [7, 11) is 1.35. The number of hydrogen-bond donors (Lipinski definition) is 1. The van der Waals surface area contributed by atoms with Crippen molar-refractivity contribution >= 4 is 18.6 Å². The quantitative estimate of drug-likeness (QED) is 0.486. The monoisotopic (exact) mass is 238 g/mol. The first-order valence-corrected chi connectivity index (χ1v) is 5.49. The third-order valence-electron chi connectivity index (χ3n) is 1.90. The maximum absolute atomic E-state index is 11.4. The molecular formula is C12H14O3S. The van der Waals surface area contributed by atoms with Crippen LogP contribution in [0.4, 0.5) is 0 Å². The predicted molar refractivity (Wildman–Crippen MR) is 66.3 cm³/mol. The van der Waals surface area contributed by atoms with E-state index < -0.39 is 5.97 Å². The van der Waals surface area contributed by atoms with Gasteiger partial charge in [-0.1, -0.05) is 24.3 Å². The minimum absolute atomic E-state index is 0.395. The number of carbonyl (C=O) groups is 1. The lowest BCUT2D eigenvalue weighted by molar-refractivity contribution is 0.0596. The Labute approximate surface area is 100 Å². The van der Waals surface area contributed by atoms with E-state index >= 15 is 0 Å². The Hall–Kier alpha value is -1.42. The lowest BCUT2D eigenvalue weighted by Crippen LogP contribution is -2.05. The van der Waals surface area contributed by atoms with Gasteiger partial charge >= 0.3 is 5.97 Å². The molecule has 0 radical (unpaired) electrons. The molecule has 4 heteroatoms. The van der Waals surface area contributed by atoms with Gasteiger partial charge in [0.2, 0.25) is 0 Å². The number of methoxy groups -OCH3 is 1. The van der Waals surface area contributed by atoms with Crippen LogP contribution in [-0.2, 0) is 4.74 Å². The average Bonchev–Trinajstić information content (AvgIpc) is 2.34. The van der Waals surface area contributed by atoms with Crippen molar-refractivity contribution in [1.82, 2.24) is 0 Å². The smallest absolute Gasteiger partial charge is 0.341 e. The molecule has 0 fully saturated rings. The van der Waals surface area contributed by atoms with Crippen molar-refractivity contribution < 1.29 is 14.3 Å². The van der Waals surface area contributed by atoms with Crippen LogP contribution in [0.3, 0.4) is 0 Å². The van der Waals surface area contributed by atoms with Crippen LogP contribution in [0.1, 0.15) is 10.4 Å². The fourth-order valence-corrected chi connectivity index (χ4v) is 1.30. The molecule has 1 aromatic carbocycles. The van der Waals surface area contributed by atoms with Gasteiger partial charge in [0, 0.05) is 5.75 Å². The maximum atomic E-state index is 11.4. The van der Waals surface area contributed by atoms with Gasteiger partial charge in [0.15, 0.2) is 0 Å². The molecule has 0 heterocycles. The van der Waals surface area contributed by atoms with E-state index in [-0.39, 0.29) is 0 Å². The van der Waals surface area contributed by atoms with E-state index in [4.69, 9.17) is 4.74 Å². The van der Waals surface area contributed by atoms with Crippen molar-refractivity contribution in [1.29, 1.82) is 0 Å². The van der Waals surface area contributed by atoms with Crippen molar-refractivity contribution in [2.24, 2.45) is 0 Å². The number of esters is 1. The minimum Gasteiger partial charge on any atom is -0.489 e. The molecule has 3 nitrogen and oxygen atoms in total. The zero-order valence-corrected chi connectivity index (χ0v) is 9.94. The SMILES string of the molecule is COC(=O)c1ccccc1OCC=CCS. The molecule has 0 amide bonds. The molecule has 0 aliphatic rings. The topological polar surface area (TPSA) is 35.5 Å². The molecule has 0 aliphatic carbocycles. The predicted octanol–water partition coefficient (Wildman–Crippen LogP) is 2.34. The maximum Gasteiger partial charge on any atom is 0.341 e. The van der Waals surface area contributed by atoms with Gasteiger partial charge in [-0.2, -0.15) is 12.6 Å².